The van der Waals surface area contributed by atoms with Gasteiger partial charge in [0.2, 0.25) is 0 Å². The Hall–Kier alpha value is -0.666. The van der Waals surface area contributed by atoms with Crippen LogP contribution in [0.1, 0.15) is 51.4 Å². The molecule has 0 atom stereocenters. The fourth-order valence-electron chi connectivity index (χ4n) is 4.32. The van der Waals surface area contributed by atoms with Crippen LogP contribution in [0.5, 0.6) is 0 Å². The average molecular weight is 438 g/mol. The van der Waals surface area contributed by atoms with E-state index in [9.17, 15) is 0 Å². The molecule has 2 fully saturated rings. The summed E-state index contributed by atoms with van der Waals surface area (Å²) in [5.41, 5.74) is 0. The van der Waals surface area contributed by atoms with Crippen molar-refractivity contribution in [2.45, 2.75) is 84.1 Å². The van der Waals surface area contributed by atoms with Crippen molar-refractivity contribution < 1.29 is 0 Å². The summed E-state index contributed by atoms with van der Waals surface area (Å²) in [6.07, 6.45) is 10.5. The molecule has 0 unspecified atom stereocenters. The molecule has 2 saturated heterocycles. The van der Waals surface area contributed by atoms with E-state index >= 15 is 0 Å². The first-order valence-electron chi connectivity index (χ1n) is 12.1. The number of hydrogen-bond donors (Lipinski definition) is 0. The molecule has 0 saturated carbocycles. The third-order valence-corrected chi connectivity index (χ3v) is 14.0. The second kappa shape index (κ2) is 12.3. The molecule has 7 heteroatoms. The first-order chi connectivity index (χ1) is 13.8. The largest absolute Gasteiger partial charge is 0.360 e. The van der Waals surface area contributed by atoms with Crippen LogP contribution in [0.4, 0.5) is 0 Å². The highest BCUT2D eigenvalue weighted by Gasteiger charge is 2.22. The highest BCUT2D eigenvalue weighted by atomic mass is 28.4. The third-order valence-electron chi connectivity index (χ3n) is 6.48. The third kappa shape index (κ3) is 8.54. The Morgan fingerprint density at radius 3 is 1.69 bits per heavy atom. The summed E-state index contributed by atoms with van der Waals surface area (Å²) in [5.74, 6) is 2.77. The lowest BCUT2D eigenvalue weighted by Crippen LogP contribution is -2.49. The molecule has 29 heavy (non-hydrogen) atoms. The van der Waals surface area contributed by atoms with E-state index in [0.29, 0.717) is 0 Å². The lowest BCUT2D eigenvalue weighted by Gasteiger charge is -2.33. The lowest BCUT2D eigenvalue weighted by atomic mass is 10.2. The van der Waals surface area contributed by atoms with Gasteiger partial charge in [-0.05, 0) is 39.2 Å². The van der Waals surface area contributed by atoms with Crippen LogP contribution in [0.15, 0.2) is 9.98 Å². The summed E-state index contributed by atoms with van der Waals surface area (Å²) < 4.78 is 2.63. The van der Waals surface area contributed by atoms with Crippen LogP contribution in [-0.2, 0) is 0 Å². The Balaban J connectivity index is 0.000000157. The van der Waals surface area contributed by atoms with E-state index in [4.69, 9.17) is 0 Å². The Labute approximate surface area is 183 Å². The molecule has 0 aromatic heterocycles. The van der Waals surface area contributed by atoms with Gasteiger partial charge in [-0.15, -0.1) is 0 Å². The first kappa shape index (κ1) is 24.6. The second-order valence-corrected chi connectivity index (χ2v) is 18.6. The fourth-order valence-corrected chi connectivity index (χ4v) is 10.5. The van der Waals surface area contributed by atoms with Crippen molar-refractivity contribution in [3.05, 3.63) is 0 Å². The van der Waals surface area contributed by atoms with Crippen molar-refractivity contribution in [2.75, 3.05) is 46.3 Å². The van der Waals surface area contributed by atoms with Gasteiger partial charge in [-0.3, -0.25) is 9.98 Å². The molecule has 0 aromatic rings. The van der Waals surface area contributed by atoms with Crippen molar-refractivity contribution in [3.63, 3.8) is 0 Å². The molecule has 5 nitrogen and oxygen atoms in total. The lowest BCUT2D eigenvalue weighted by molar-refractivity contribution is 0.391. The second-order valence-electron chi connectivity index (χ2n) is 10.1. The molecule has 0 spiro atoms. The van der Waals surface area contributed by atoms with E-state index < -0.39 is 17.2 Å². The molecule has 4 aliphatic heterocycles. The van der Waals surface area contributed by atoms with Crippen LogP contribution in [0, 0.1) is 0 Å². The maximum absolute atomic E-state index is 4.55. The average Bonchev–Trinajstić information content (AvgIpc) is 3.04. The van der Waals surface area contributed by atoms with E-state index in [1.807, 2.05) is 0 Å². The van der Waals surface area contributed by atoms with E-state index in [1.54, 1.807) is 0 Å². The van der Waals surface area contributed by atoms with Gasteiger partial charge in [0.05, 0.1) is 20.6 Å². The van der Waals surface area contributed by atoms with Crippen LogP contribution >= 0.6 is 0 Å². The summed E-state index contributed by atoms with van der Waals surface area (Å²) in [6, 6.07) is 0. The molecule has 0 amide bonds. The van der Waals surface area contributed by atoms with Gasteiger partial charge in [-0.2, -0.15) is 0 Å². The van der Waals surface area contributed by atoms with Gasteiger partial charge in [0.15, 0.2) is 0 Å². The number of nitrogens with zero attached hydrogens (tertiary/aromatic N) is 5. The number of fused-ring (bicyclic) bond motifs is 2. The molecule has 0 bridgehead atoms. The Bertz CT molecular complexity index is 542. The van der Waals surface area contributed by atoms with Gasteiger partial charge >= 0.3 is 0 Å². The van der Waals surface area contributed by atoms with Crippen LogP contribution in [-0.4, -0.2) is 89.2 Å². The van der Waals surface area contributed by atoms with Crippen molar-refractivity contribution in [1.29, 1.82) is 0 Å². The smallest absolute Gasteiger partial charge is 0.111 e. The Morgan fingerprint density at radius 2 is 1.21 bits per heavy atom. The molecule has 4 aliphatic rings. The van der Waals surface area contributed by atoms with Crippen molar-refractivity contribution in [2.24, 2.45) is 9.98 Å². The quantitative estimate of drug-likeness (QED) is 0.605. The van der Waals surface area contributed by atoms with E-state index in [2.05, 4.69) is 63.8 Å². The molecule has 0 aliphatic carbocycles. The molecule has 4 rings (SSSR count). The summed E-state index contributed by atoms with van der Waals surface area (Å²) in [5, 5.41) is 0. The number of aliphatic imine (C=N–C) groups is 2. The predicted octanol–water partition coefficient (Wildman–Crippen LogP) is 4.29. The highest BCUT2D eigenvalue weighted by molar-refractivity contribution is 6.82. The monoisotopic (exact) mass is 437 g/mol. The minimum atomic E-state index is -0.929. The molecular weight excluding hydrogens is 390 g/mol. The number of hydrogen-bond acceptors (Lipinski definition) is 5. The van der Waals surface area contributed by atoms with Crippen molar-refractivity contribution in [3.8, 4) is 0 Å². The first-order valence-corrected chi connectivity index (χ1v) is 18.4. The number of amidine groups is 2. The van der Waals surface area contributed by atoms with Crippen molar-refractivity contribution >= 4 is 28.9 Å². The Kier molecular flexibility index (Phi) is 10.4. The Morgan fingerprint density at radius 1 is 0.724 bits per heavy atom. The molecule has 168 valence electrons. The summed E-state index contributed by atoms with van der Waals surface area (Å²) >= 11 is 0. The maximum atomic E-state index is 4.55. The highest BCUT2D eigenvalue weighted by Crippen LogP contribution is 2.16. The van der Waals surface area contributed by atoms with Gasteiger partial charge in [-0.1, -0.05) is 39.2 Å². The minimum absolute atomic E-state index is 0.495. The molecule has 0 radical (unpaired) electrons. The number of rotatable bonds is 2. The van der Waals surface area contributed by atoms with E-state index in [1.165, 1.54) is 89.2 Å². The maximum Gasteiger partial charge on any atom is 0.111 e. The molecular formula is C22H47N5Si2. The predicted molar refractivity (Wildman–Crippen MR) is 135 cm³/mol. The van der Waals surface area contributed by atoms with Crippen molar-refractivity contribution in [1.82, 2.24) is 14.0 Å². The molecule has 0 aromatic carbocycles. The molecule has 0 N–H and O–H groups in total. The topological polar surface area (TPSA) is 34.4 Å². The van der Waals surface area contributed by atoms with Crippen LogP contribution < -0.4 is 0 Å². The SMILES string of the molecule is C1CCC2=NCCCN2CC1.C1CN=C2CCCN2C1.CN([SiH](C)C)[Si](C)(C)C. The summed E-state index contributed by atoms with van der Waals surface area (Å²) in [7, 11) is 0.858. The van der Waals surface area contributed by atoms with Gasteiger partial charge in [0.1, 0.15) is 8.24 Å². The standard InChI is InChI=1S/C9H16N2.C7H12N2.C6H19NSi2/c1-2-5-9-10-6-4-8-11(9)7-3-1;1-3-7-8-4-2-6-9(7)5-1;1-7(8(2)3)9(4,5)6/h1-8H2;1-6H2;8H,1-6H3. The van der Waals surface area contributed by atoms with Crippen LogP contribution in [0.3, 0.4) is 0 Å². The van der Waals surface area contributed by atoms with Gasteiger partial charge in [0.25, 0.3) is 0 Å². The van der Waals surface area contributed by atoms with Crippen LogP contribution in [0.2, 0.25) is 32.7 Å². The van der Waals surface area contributed by atoms with Gasteiger partial charge in [-0.25, -0.2) is 0 Å². The summed E-state index contributed by atoms with van der Waals surface area (Å²) in [4.78, 5) is 13.9. The van der Waals surface area contributed by atoms with E-state index in [-0.39, 0.29) is 0 Å². The zero-order valence-corrected chi connectivity index (χ0v) is 22.4. The molecule has 4 heterocycles. The zero-order chi connectivity index (χ0) is 21.3. The fraction of sp³-hybridized carbons (Fsp3) is 0.909. The van der Waals surface area contributed by atoms with Gasteiger partial charge in [0, 0.05) is 52.1 Å². The minimum Gasteiger partial charge on any atom is -0.360 e. The van der Waals surface area contributed by atoms with Gasteiger partial charge < -0.3 is 14.0 Å². The van der Waals surface area contributed by atoms with Crippen LogP contribution in [0.25, 0.3) is 0 Å². The summed E-state index contributed by atoms with van der Waals surface area (Å²) in [6.45, 7) is 19.2. The van der Waals surface area contributed by atoms with E-state index in [0.717, 1.165) is 13.1 Å². The normalized spacial score (nSPS) is 21.8. The zero-order valence-electron chi connectivity index (χ0n) is 20.2.